The lowest BCUT2D eigenvalue weighted by Crippen LogP contribution is -2.37. The van der Waals surface area contributed by atoms with Gasteiger partial charge in [-0.1, -0.05) is 0 Å². The van der Waals surface area contributed by atoms with Crippen LogP contribution in [-0.2, 0) is 13.1 Å². The van der Waals surface area contributed by atoms with Crippen molar-refractivity contribution >= 4 is 12.1 Å². The summed E-state index contributed by atoms with van der Waals surface area (Å²) < 4.78 is 0. The summed E-state index contributed by atoms with van der Waals surface area (Å²) in [7, 11) is 0. The van der Waals surface area contributed by atoms with E-state index < -0.39 is 6.09 Å². The molecule has 1 aromatic rings. The lowest BCUT2D eigenvalue weighted by atomic mass is 10.2. The Hall–Kier alpha value is -2.31. The van der Waals surface area contributed by atoms with E-state index >= 15 is 0 Å². The van der Waals surface area contributed by atoms with Crippen molar-refractivity contribution in [3.63, 3.8) is 0 Å². The quantitative estimate of drug-likeness (QED) is 0.881. The predicted octanol–water partition coefficient (Wildman–Crippen LogP) is 1.35. The van der Waals surface area contributed by atoms with Gasteiger partial charge in [-0.25, -0.2) is 9.59 Å². The zero-order valence-electron chi connectivity index (χ0n) is 12.8. The molecule has 3 amide bonds. The van der Waals surface area contributed by atoms with Crippen molar-refractivity contribution < 1.29 is 14.7 Å². The first-order chi connectivity index (χ1) is 11.1. The van der Waals surface area contributed by atoms with Crippen LogP contribution in [0.1, 0.15) is 17.5 Å². The predicted molar refractivity (Wildman–Crippen MR) is 81.6 cm³/mol. The third kappa shape index (κ3) is 2.60. The van der Waals surface area contributed by atoms with Gasteiger partial charge in [-0.3, -0.25) is 4.98 Å². The summed E-state index contributed by atoms with van der Waals surface area (Å²) in [4.78, 5) is 30.5. The van der Waals surface area contributed by atoms with Crippen LogP contribution in [0.3, 0.4) is 0 Å². The fourth-order valence-corrected chi connectivity index (χ4v) is 4.05. The Balaban J connectivity index is 1.19. The number of nitrogens with zero attached hydrogens (tertiary/aromatic N) is 3. The summed E-state index contributed by atoms with van der Waals surface area (Å²) in [5, 5.41) is 11.9. The van der Waals surface area contributed by atoms with Gasteiger partial charge < -0.3 is 20.2 Å². The van der Waals surface area contributed by atoms with Gasteiger partial charge >= 0.3 is 12.1 Å². The highest BCUT2D eigenvalue weighted by atomic mass is 16.4. The second-order valence-electron chi connectivity index (χ2n) is 6.70. The SMILES string of the molecule is O=C(O)N1CC2C(CCNC(=O)N3Cc4ccncc4C3)C2C1. The van der Waals surface area contributed by atoms with Crippen molar-refractivity contribution in [3.8, 4) is 0 Å². The summed E-state index contributed by atoms with van der Waals surface area (Å²) in [5.41, 5.74) is 2.29. The molecular formula is C16H20N4O3. The summed E-state index contributed by atoms with van der Waals surface area (Å²) in [6.45, 7) is 3.25. The summed E-state index contributed by atoms with van der Waals surface area (Å²) >= 11 is 0. The van der Waals surface area contributed by atoms with Crippen molar-refractivity contribution in [2.24, 2.45) is 17.8 Å². The highest BCUT2D eigenvalue weighted by molar-refractivity contribution is 5.75. The number of fused-ring (bicyclic) bond motifs is 2. The van der Waals surface area contributed by atoms with Crippen LogP contribution in [0.4, 0.5) is 9.59 Å². The number of piperidine rings is 1. The standard InChI is InChI=1S/C16H20N4O3/c21-15(19-6-10-1-3-17-5-11(10)7-19)18-4-2-12-13-8-20(16(22)23)9-14(12)13/h1,3,5,12-14H,2,4,6-9H2,(H,18,21)(H,22,23). The molecule has 1 saturated heterocycles. The largest absolute Gasteiger partial charge is 0.465 e. The van der Waals surface area contributed by atoms with Crippen LogP contribution in [0, 0.1) is 17.8 Å². The lowest BCUT2D eigenvalue weighted by molar-refractivity contribution is 0.148. The van der Waals surface area contributed by atoms with E-state index in [4.69, 9.17) is 5.11 Å². The van der Waals surface area contributed by atoms with Gasteiger partial charge in [0.05, 0.1) is 0 Å². The fourth-order valence-electron chi connectivity index (χ4n) is 4.05. The average Bonchev–Trinajstić information content (AvgIpc) is 2.96. The molecule has 0 radical (unpaired) electrons. The number of carbonyl (C=O) groups excluding carboxylic acids is 1. The minimum Gasteiger partial charge on any atom is -0.465 e. The van der Waals surface area contributed by atoms with Crippen LogP contribution < -0.4 is 5.32 Å². The molecule has 7 nitrogen and oxygen atoms in total. The van der Waals surface area contributed by atoms with E-state index in [2.05, 4.69) is 10.3 Å². The average molecular weight is 316 g/mol. The van der Waals surface area contributed by atoms with Gasteiger partial charge in [-0.05, 0) is 41.4 Å². The highest BCUT2D eigenvalue weighted by Gasteiger charge is 2.55. The Labute approximate surface area is 134 Å². The second-order valence-corrected chi connectivity index (χ2v) is 6.70. The number of aromatic nitrogens is 1. The molecule has 4 rings (SSSR count). The Morgan fingerprint density at radius 3 is 2.65 bits per heavy atom. The molecule has 0 spiro atoms. The maximum Gasteiger partial charge on any atom is 0.407 e. The smallest absolute Gasteiger partial charge is 0.407 e. The molecule has 2 unspecified atom stereocenters. The number of urea groups is 1. The van der Waals surface area contributed by atoms with Crippen LogP contribution in [-0.4, -0.2) is 51.6 Å². The summed E-state index contributed by atoms with van der Waals surface area (Å²) in [6.07, 6.45) is 3.71. The molecule has 1 aliphatic carbocycles. The Morgan fingerprint density at radius 2 is 1.96 bits per heavy atom. The Bertz CT molecular complexity index is 613. The molecule has 0 bridgehead atoms. The first-order valence-corrected chi connectivity index (χ1v) is 8.06. The van der Waals surface area contributed by atoms with E-state index in [1.165, 1.54) is 10.5 Å². The molecule has 2 N–H and O–H groups in total. The highest BCUT2D eigenvalue weighted by Crippen LogP contribution is 2.53. The zero-order valence-corrected chi connectivity index (χ0v) is 12.8. The van der Waals surface area contributed by atoms with E-state index in [9.17, 15) is 9.59 Å². The number of likely N-dealkylation sites (tertiary alicyclic amines) is 1. The lowest BCUT2D eigenvalue weighted by Gasteiger charge is -2.18. The maximum atomic E-state index is 12.2. The van der Waals surface area contributed by atoms with Gasteiger partial charge in [0.1, 0.15) is 0 Å². The van der Waals surface area contributed by atoms with Gasteiger partial charge in [0, 0.05) is 45.1 Å². The van der Waals surface area contributed by atoms with E-state index in [1.54, 1.807) is 11.1 Å². The molecule has 0 aromatic carbocycles. The molecule has 2 aliphatic heterocycles. The van der Waals surface area contributed by atoms with Gasteiger partial charge in [0.2, 0.25) is 0 Å². The van der Waals surface area contributed by atoms with Crippen LogP contribution >= 0.6 is 0 Å². The van der Waals surface area contributed by atoms with E-state index in [0.717, 1.165) is 12.0 Å². The number of pyridine rings is 1. The number of amides is 3. The normalized spacial score (nSPS) is 27.6. The van der Waals surface area contributed by atoms with E-state index in [-0.39, 0.29) is 6.03 Å². The third-order valence-electron chi connectivity index (χ3n) is 5.41. The minimum atomic E-state index is -0.813. The molecule has 3 aliphatic rings. The molecule has 2 fully saturated rings. The molecule has 122 valence electrons. The van der Waals surface area contributed by atoms with Crippen LogP contribution in [0.2, 0.25) is 0 Å². The number of carboxylic acid groups (broad SMARTS) is 1. The molecule has 2 atom stereocenters. The monoisotopic (exact) mass is 316 g/mol. The van der Waals surface area contributed by atoms with Gasteiger partial charge in [0.25, 0.3) is 0 Å². The number of carbonyl (C=O) groups is 2. The third-order valence-corrected chi connectivity index (χ3v) is 5.41. The Kier molecular flexibility index (Phi) is 3.36. The zero-order chi connectivity index (χ0) is 16.0. The fraction of sp³-hybridized carbons (Fsp3) is 0.562. The number of hydrogen-bond acceptors (Lipinski definition) is 3. The first kappa shape index (κ1) is 14.3. The molecule has 1 saturated carbocycles. The number of hydrogen-bond donors (Lipinski definition) is 2. The maximum absolute atomic E-state index is 12.2. The van der Waals surface area contributed by atoms with Crippen molar-refractivity contribution in [1.29, 1.82) is 0 Å². The van der Waals surface area contributed by atoms with Crippen LogP contribution in [0.25, 0.3) is 0 Å². The Morgan fingerprint density at radius 1 is 1.22 bits per heavy atom. The topological polar surface area (TPSA) is 85.8 Å². The number of nitrogens with one attached hydrogen (secondary N) is 1. The molecular weight excluding hydrogens is 296 g/mol. The van der Waals surface area contributed by atoms with E-state index in [0.29, 0.717) is 50.5 Å². The number of rotatable bonds is 3. The summed E-state index contributed by atoms with van der Waals surface area (Å²) in [6, 6.07) is 1.93. The molecule has 7 heteroatoms. The van der Waals surface area contributed by atoms with Crippen molar-refractivity contribution in [2.75, 3.05) is 19.6 Å². The first-order valence-electron chi connectivity index (χ1n) is 8.06. The molecule has 3 heterocycles. The summed E-state index contributed by atoms with van der Waals surface area (Å²) in [5.74, 6) is 1.58. The molecule has 23 heavy (non-hydrogen) atoms. The van der Waals surface area contributed by atoms with Crippen molar-refractivity contribution in [1.82, 2.24) is 20.1 Å². The van der Waals surface area contributed by atoms with Crippen LogP contribution in [0.15, 0.2) is 18.5 Å². The van der Waals surface area contributed by atoms with Crippen molar-refractivity contribution in [2.45, 2.75) is 19.5 Å². The van der Waals surface area contributed by atoms with Gasteiger partial charge in [-0.2, -0.15) is 0 Å². The van der Waals surface area contributed by atoms with Gasteiger partial charge in [0.15, 0.2) is 0 Å². The minimum absolute atomic E-state index is 0.0285. The second kappa shape index (κ2) is 5.40. The van der Waals surface area contributed by atoms with E-state index in [1.807, 2.05) is 12.3 Å². The van der Waals surface area contributed by atoms with Crippen LogP contribution in [0.5, 0.6) is 0 Å². The van der Waals surface area contributed by atoms with Gasteiger partial charge in [-0.15, -0.1) is 0 Å². The molecule has 1 aromatic heterocycles. The van der Waals surface area contributed by atoms with Crippen molar-refractivity contribution in [3.05, 3.63) is 29.6 Å².